The van der Waals surface area contributed by atoms with E-state index in [2.05, 4.69) is 0 Å². The Kier molecular flexibility index (Phi) is 4.89. The van der Waals surface area contributed by atoms with E-state index in [0.717, 1.165) is 16.7 Å². The zero-order valence-electron chi connectivity index (χ0n) is 11.8. The van der Waals surface area contributed by atoms with Crippen molar-refractivity contribution in [2.24, 2.45) is 0 Å². The van der Waals surface area contributed by atoms with Crippen LogP contribution >= 0.6 is 81.2 Å². The van der Waals surface area contributed by atoms with E-state index in [0.29, 0.717) is 12.0 Å². The van der Waals surface area contributed by atoms with Crippen molar-refractivity contribution in [1.82, 2.24) is 0 Å². The van der Waals surface area contributed by atoms with Crippen LogP contribution in [0.25, 0.3) is 11.1 Å². The minimum Gasteiger partial charge on any atom is -0.507 e. The number of halogens is 7. The van der Waals surface area contributed by atoms with Crippen molar-refractivity contribution in [2.75, 3.05) is 0 Å². The zero-order chi connectivity index (χ0) is 17.9. The van der Waals surface area contributed by atoms with Crippen molar-refractivity contribution in [2.45, 2.75) is 18.9 Å². The predicted octanol–water partition coefficient (Wildman–Crippen LogP) is 7.14. The van der Waals surface area contributed by atoms with E-state index < -0.39 is 12.5 Å². The van der Waals surface area contributed by atoms with E-state index in [4.69, 9.17) is 81.2 Å². The molecule has 0 heterocycles. The van der Waals surface area contributed by atoms with E-state index in [1.54, 1.807) is 6.07 Å². The molecule has 128 valence electrons. The quantitative estimate of drug-likeness (QED) is 0.399. The highest BCUT2D eigenvalue weighted by molar-refractivity contribution is 6.78. The average molecular weight is 465 g/mol. The first kappa shape index (κ1) is 19.0. The summed E-state index contributed by atoms with van der Waals surface area (Å²) in [5.74, 6) is -0.117. The van der Waals surface area contributed by atoms with Gasteiger partial charge in [0, 0.05) is 17.5 Å². The Bertz CT molecular complexity index is 809. The molecule has 0 fully saturated rings. The number of hydrogen-bond donors (Lipinski definition) is 1. The number of rotatable bonds is 2. The highest BCUT2D eigenvalue weighted by Gasteiger charge is 2.61. The van der Waals surface area contributed by atoms with Crippen molar-refractivity contribution in [3.63, 3.8) is 0 Å². The lowest BCUT2D eigenvalue weighted by Crippen LogP contribution is -2.45. The van der Waals surface area contributed by atoms with Gasteiger partial charge in [0.25, 0.3) is 0 Å². The van der Waals surface area contributed by atoms with Crippen LogP contribution in [0, 0.1) is 0 Å². The number of aromatic hydroxyl groups is 1. The molecule has 0 radical (unpaired) electrons. The summed E-state index contributed by atoms with van der Waals surface area (Å²) in [4.78, 5) is 0. The fourth-order valence-corrected chi connectivity index (χ4v) is 4.30. The van der Waals surface area contributed by atoms with Gasteiger partial charge in [-0.05, 0) is 16.7 Å². The number of alkyl halides is 7. The Hall–Kier alpha value is 0.270. The third-order valence-corrected chi connectivity index (χ3v) is 7.97. The van der Waals surface area contributed by atoms with Gasteiger partial charge in [-0.2, -0.15) is 0 Å². The number of phenolic OH excluding ortho intramolecular Hbond substituents is 1. The van der Waals surface area contributed by atoms with Crippen LogP contribution < -0.4 is 0 Å². The van der Waals surface area contributed by atoms with Crippen LogP contribution in [0.5, 0.6) is 5.75 Å². The first-order chi connectivity index (χ1) is 11.0. The molecule has 0 atom stereocenters. The van der Waals surface area contributed by atoms with Gasteiger partial charge in [0.15, 0.2) is 4.33 Å². The fourth-order valence-electron chi connectivity index (χ4n) is 2.80. The summed E-state index contributed by atoms with van der Waals surface area (Å²) in [5, 5.41) is 10.7. The number of benzene rings is 2. The molecule has 3 rings (SSSR count). The van der Waals surface area contributed by atoms with E-state index >= 15 is 0 Å². The number of phenols is 1. The monoisotopic (exact) mass is 462 g/mol. The third kappa shape index (κ3) is 2.77. The van der Waals surface area contributed by atoms with Crippen LogP contribution in [0.4, 0.5) is 0 Å². The lowest BCUT2D eigenvalue weighted by molar-refractivity contribution is 0.457. The van der Waals surface area contributed by atoms with Gasteiger partial charge in [-0.15, -0.1) is 0 Å². The first-order valence-electron chi connectivity index (χ1n) is 6.74. The standard InChI is InChI=1S/C16H9Cl7O/c17-14(18,15(19,20)16(21,22)23)12-6-5-10-9-4-2-1-3-8(9)7-11(10)13(12)24/h1-6,24H,7H2. The Balaban J connectivity index is 2.15. The summed E-state index contributed by atoms with van der Waals surface area (Å²) < 4.78 is -6.45. The van der Waals surface area contributed by atoms with Crippen LogP contribution in [0.3, 0.4) is 0 Å². The van der Waals surface area contributed by atoms with Crippen molar-refractivity contribution >= 4 is 81.2 Å². The molecule has 1 aliphatic rings. The topological polar surface area (TPSA) is 20.2 Å². The molecule has 0 aromatic heterocycles. The number of fused-ring (bicyclic) bond motifs is 3. The van der Waals surface area contributed by atoms with Gasteiger partial charge in [-0.25, -0.2) is 0 Å². The molecule has 0 bridgehead atoms. The molecule has 8 heteroatoms. The molecular weight excluding hydrogens is 456 g/mol. The molecule has 0 amide bonds. The molecular formula is C16H9Cl7O. The number of hydrogen-bond acceptors (Lipinski definition) is 1. The summed E-state index contributed by atoms with van der Waals surface area (Å²) in [6.45, 7) is 0. The van der Waals surface area contributed by atoms with Crippen LogP contribution in [-0.2, 0) is 10.8 Å². The molecule has 0 aliphatic heterocycles. The maximum absolute atomic E-state index is 10.7. The van der Waals surface area contributed by atoms with Crippen molar-refractivity contribution in [3.05, 3.63) is 53.1 Å². The molecule has 2 aromatic rings. The van der Waals surface area contributed by atoms with Crippen LogP contribution in [0.15, 0.2) is 36.4 Å². The van der Waals surface area contributed by atoms with Crippen molar-refractivity contribution in [1.29, 1.82) is 0 Å². The van der Waals surface area contributed by atoms with Crippen LogP contribution in [0.1, 0.15) is 16.7 Å². The highest BCUT2D eigenvalue weighted by Crippen LogP contribution is 2.62. The molecule has 1 aliphatic carbocycles. The molecule has 0 saturated carbocycles. The smallest absolute Gasteiger partial charge is 0.226 e. The minimum absolute atomic E-state index is 0.0775. The average Bonchev–Trinajstić information content (AvgIpc) is 2.86. The second-order valence-corrected chi connectivity index (χ2v) is 10.4. The van der Waals surface area contributed by atoms with Crippen molar-refractivity contribution in [3.8, 4) is 16.9 Å². The van der Waals surface area contributed by atoms with Gasteiger partial charge in [-0.3, -0.25) is 0 Å². The lowest BCUT2D eigenvalue weighted by atomic mass is 9.98. The molecule has 1 N–H and O–H groups in total. The van der Waals surface area contributed by atoms with Gasteiger partial charge >= 0.3 is 0 Å². The second kappa shape index (κ2) is 6.16. The fraction of sp³-hybridized carbons (Fsp3) is 0.250. The Morgan fingerprint density at radius 2 is 1.42 bits per heavy atom. The van der Waals surface area contributed by atoms with E-state index in [9.17, 15) is 5.11 Å². The van der Waals surface area contributed by atoms with E-state index in [1.165, 1.54) is 6.07 Å². The van der Waals surface area contributed by atoms with Gasteiger partial charge in [0.2, 0.25) is 8.13 Å². The van der Waals surface area contributed by atoms with Gasteiger partial charge in [-0.1, -0.05) is 118 Å². The Labute approximate surface area is 174 Å². The van der Waals surface area contributed by atoms with E-state index in [-0.39, 0.29) is 11.3 Å². The van der Waals surface area contributed by atoms with E-state index in [1.807, 2.05) is 24.3 Å². The third-order valence-electron chi connectivity index (χ3n) is 4.05. The molecule has 2 aromatic carbocycles. The normalized spacial score (nSPS) is 14.5. The summed E-state index contributed by atoms with van der Waals surface area (Å²) in [6.07, 6.45) is 0.528. The van der Waals surface area contributed by atoms with Crippen molar-refractivity contribution < 1.29 is 5.11 Å². The molecule has 0 spiro atoms. The SMILES string of the molecule is Oc1c(C(Cl)(Cl)C(Cl)(Cl)C(Cl)(Cl)Cl)ccc2c1Cc1ccccc1-2. The van der Waals surface area contributed by atoms with Crippen LogP contribution in [-0.4, -0.2) is 13.2 Å². The summed E-state index contributed by atoms with van der Waals surface area (Å²) in [7, 11) is 0. The van der Waals surface area contributed by atoms with Gasteiger partial charge in [0.1, 0.15) is 5.75 Å². The van der Waals surface area contributed by atoms with Crippen LogP contribution in [0.2, 0.25) is 0 Å². The predicted molar refractivity (Wildman–Crippen MR) is 104 cm³/mol. The first-order valence-corrected chi connectivity index (χ1v) is 9.39. The Morgan fingerprint density at radius 3 is 2.04 bits per heavy atom. The Morgan fingerprint density at radius 1 is 0.792 bits per heavy atom. The van der Waals surface area contributed by atoms with Gasteiger partial charge < -0.3 is 5.11 Å². The molecule has 24 heavy (non-hydrogen) atoms. The summed E-state index contributed by atoms with van der Waals surface area (Å²) >= 11 is 42.4. The summed E-state index contributed by atoms with van der Waals surface area (Å²) in [5.41, 5.74) is 3.76. The second-order valence-electron chi connectivity index (χ2n) is 5.47. The molecule has 1 nitrogen and oxygen atoms in total. The minimum atomic E-state index is -2.20. The van der Waals surface area contributed by atoms with Gasteiger partial charge in [0.05, 0.1) is 0 Å². The largest absolute Gasteiger partial charge is 0.507 e. The summed E-state index contributed by atoms with van der Waals surface area (Å²) in [6, 6.07) is 11.1. The zero-order valence-corrected chi connectivity index (χ0v) is 17.1. The lowest BCUT2D eigenvalue weighted by Gasteiger charge is -2.38. The maximum atomic E-state index is 10.7. The molecule has 0 saturated heterocycles. The molecule has 0 unspecified atom stereocenters. The maximum Gasteiger partial charge on any atom is 0.226 e. The highest BCUT2D eigenvalue weighted by atomic mass is 35.6.